The van der Waals surface area contributed by atoms with Gasteiger partial charge in [-0.15, -0.1) is 0 Å². The molecular formula is C19H14Cl3N3O. The number of aromatic nitrogens is 1. The van der Waals surface area contributed by atoms with Gasteiger partial charge in [0.05, 0.1) is 12.2 Å². The molecule has 4 nitrogen and oxygen atoms in total. The van der Waals surface area contributed by atoms with E-state index in [1.807, 2.05) is 24.3 Å². The second-order valence-corrected chi connectivity index (χ2v) is 6.83. The van der Waals surface area contributed by atoms with E-state index >= 15 is 0 Å². The van der Waals surface area contributed by atoms with Crippen LogP contribution in [0, 0.1) is 0 Å². The molecule has 0 atom stereocenters. The number of halogens is 3. The number of benzene rings is 2. The van der Waals surface area contributed by atoms with E-state index in [2.05, 4.69) is 4.98 Å². The van der Waals surface area contributed by atoms with Gasteiger partial charge in [0, 0.05) is 20.6 Å². The standard InChI is InChI=1S/C19H14Cl3N3O/c20-14-7-4-12(5-8-14)17-2-1-3-18(24-17)25(19(23)26)11-13-6-9-15(21)10-16(13)22/h1-10H,11H2,(H2,23,26). The summed E-state index contributed by atoms with van der Waals surface area (Å²) in [5.74, 6) is 0.427. The summed E-state index contributed by atoms with van der Waals surface area (Å²) in [6, 6.07) is 17.1. The van der Waals surface area contributed by atoms with E-state index in [1.165, 1.54) is 4.90 Å². The van der Waals surface area contributed by atoms with Gasteiger partial charge in [-0.05, 0) is 42.0 Å². The molecule has 2 aromatic carbocycles. The van der Waals surface area contributed by atoms with E-state index in [4.69, 9.17) is 40.5 Å². The van der Waals surface area contributed by atoms with Crippen LogP contribution >= 0.6 is 34.8 Å². The molecule has 0 saturated carbocycles. The highest BCUT2D eigenvalue weighted by molar-refractivity contribution is 6.35. The first-order chi connectivity index (χ1) is 12.4. The van der Waals surface area contributed by atoms with E-state index in [0.717, 1.165) is 5.56 Å². The largest absolute Gasteiger partial charge is 0.351 e. The molecule has 0 unspecified atom stereocenters. The maximum atomic E-state index is 12.0. The predicted molar refractivity (Wildman–Crippen MR) is 107 cm³/mol. The first-order valence-corrected chi connectivity index (χ1v) is 8.81. The predicted octanol–water partition coefficient (Wildman–Crippen LogP) is 5.79. The Hall–Kier alpha value is -2.27. The summed E-state index contributed by atoms with van der Waals surface area (Å²) in [6.07, 6.45) is 0. The minimum absolute atomic E-state index is 0.183. The molecule has 0 fully saturated rings. The topological polar surface area (TPSA) is 59.2 Å². The van der Waals surface area contributed by atoms with Crippen molar-refractivity contribution in [1.29, 1.82) is 0 Å². The van der Waals surface area contributed by atoms with Gasteiger partial charge in [-0.2, -0.15) is 0 Å². The van der Waals surface area contributed by atoms with E-state index in [1.54, 1.807) is 36.4 Å². The van der Waals surface area contributed by atoms with Crippen LogP contribution in [-0.4, -0.2) is 11.0 Å². The number of rotatable bonds is 4. The number of carbonyl (C=O) groups is 1. The van der Waals surface area contributed by atoms with Gasteiger partial charge in [0.25, 0.3) is 0 Å². The van der Waals surface area contributed by atoms with Crippen molar-refractivity contribution in [3.63, 3.8) is 0 Å². The Kier molecular flexibility index (Phi) is 5.67. The Bertz CT molecular complexity index is 945. The molecule has 2 amide bonds. The fraction of sp³-hybridized carbons (Fsp3) is 0.0526. The lowest BCUT2D eigenvalue weighted by Crippen LogP contribution is -2.35. The number of carbonyl (C=O) groups excluding carboxylic acids is 1. The van der Waals surface area contributed by atoms with Crippen LogP contribution in [-0.2, 0) is 6.54 Å². The van der Waals surface area contributed by atoms with Crippen molar-refractivity contribution < 1.29 is 4.79 Å². The highest BCUT2D eigenvalue weighted by Crippen LogP contribution is 2.26. The summed E-state index contributed by atoms with van der Waals surface area (Å²) in [4.78, 5) is 17.9. The van der Waals surface area contributed by atoms with Gasteiger partial charge in [-0.3, -0.25) is 4.90 Å². The lowest BCUT2D eigenvalue weighted by Gasteiger charge is -2.21. The van der Waals surface area contributed by atoms with E-state index in [-0.39, 0.29) is 6.54 Å². The van der Waals surface area contributed by atoms with Crippen LogP contribution < -0.4 is 10.6 Å². The maximum absolute atomic E-state index is 12.0. The Morgan fingerprint density at radius 2 is 1.65 bits per heavy atom. The highest BCUT2D eigenvalue weighted by atomic mass is 35.5. The van der Waals surface area contributed by atoms with Crippen LogP contribution in [0.5, 0.6) is 0 Å². The van der Waals surface area contributed by atoms with Gasteiger partial charge < -0.3 is 5.73 Å². The zero-order chi connectivity index (χ0) is 18.7. The molecule has 0 bridgehead atoms. The van der Waals surface area contributed by atoms with E-state index in [9.17, 15) is 4.79 Å². The molecule has 0 saturated heterocycles. The molecule has 0 aliphatic heterocycles. The van der Waals surface area contributed by atoms with Crippen molar-refractivity contribution >= 4 is 46.7 Å². The van der Waals surface area contributed by atoms with Gasteiger partial charge in [0.2, 0.25) is 0 Å². The molecular weight excluding hydrogens is 393 g/mol. The van der Waals surface area contributed by atoms with Crippen LogP contribution in [0.1, 0.15) is 5.56 Å². The van der Waals surface area contributed by atoms with Crippen molar-refractivity contribution in [2.45, 2.75) is 6.54 Å². The SMILES string of the molecule is NC(=O)N(Cc1ccc(Cl)cc1Cl)c1cccc(-c2ccc(Cl)cc2)n1. The van der Waals surface area contributed by atoms with Crippen LogP contribution in [0.3, 0.4) is 0 Å². The van der Waals surface area contributed by atoms with Crippen LogP contribution in [0.4, 0.5) is 10.6 Å². The molecule has 2 N–H and O–H groups in total. The van der Waals surface area contributed by atoms with Gasteiger partial charge in [0.15, 0.2) is 0 Å². The molecule has 26 heavy (non-hydrogen) atoms. The second-order valence-electron chi connectivity index (χ2n) is 5.55. The third kappa shape index (κ3) is 4.28. The minimum atomic E-state index is -0.628. The molecule has 3 aromatic rings. The lowest BCUT2D eigenvalue weighted by molar-refractivity contribution is 0.253. The summed E-state index contributed by atoms with van der Waals surface area (Å²) in [5, 5.41) is 1.62. The maximum Gasteiger partial charge on any atom is 0.320 e. The van der Waals surface area contributed by atoms with E-state index < -0.39 is 6.03 Å². The highest BCUT2D eigenvalue weighted by Gasteiger charge is 2.17. The monoisotopic (exact) mass is 405 g/mol. The number of nitrogens with two attached hydrogens (primary N) is 1. The Morgan fingerprint density at radius 1 is 0.962 bits per heavy atom. The summed E-state index contributed by atoms with van der Waals surface area (Å²) in [6.45, 7) is 0.183. The molecule has 1 aromatic heterocycles. The van der Waals surface area contributed by atoms with Crippen molar-refractivity contribution in [3.8, 4) is 11.3 Å². The third-order valence-corrected chi connectivity index (χ3v) is 4.60. The smallest absolute Gasteiger partial charge is 0.320 e. The molecule has 0 aliphatic rings. The van der Waals surface area contributed by atoms with Gasteiger partial charge in [-0.1, -0.05) is 59.1 Å². The number of hydrogen-bond donors (Lipinski definition) is 1. The number of hydrogen-bond acceptors (Lipinski definition) is 2. The van der Waals surface area contributed by atoms with Gasteiger partial charge in [0.1, 0.15) is 5.82 Å². The fourth-order valence-electron chi connectivity index (χ4n) is 2.45. The Balaban J connectivity index is 1.94. The average Bonchev–Trinajstić information content (AvgIpc) is 2.61. The molecule has 0 spiro atoms. The van der Waals surface area contributed by atoms with Crippen molar-refractivity contribution in [2.24, 2.45) is 5.73 Å². The van der Waals surface area contributed by atoms with Crippen LogP contribution in [0.25, 0.3) is 11.3 Å². The van der Waals surface area contributed by atoms with Crippen LogP contribution in [0.2, 0.25) is 15.1 Å². The van der Waals surface area contributed by atoms with Crippen molar-refractivity contribution in [3.05, 3.63) is 81.3 Å². The van der Waals surface area contributed by atoms with Gasteiger partial charge >= 0.3 is 6.03 Å². The average molecular weight is 407 g/mol. The quantitative estimate of drug-likeness (QED) is 0.595. The zero-order valence-corrected chi connectivity index (χ0v) is 15.8. The molecule has 7 heteroatoms. The third-order valence-electron chi connectivity index (χ3n) is 3.76. The Morgan fingerprint density at radius 3 is 2.31 bits per heavy atom. The molecule has 0 radical (unpaired) electrons. The minimum Gasteiger partial charge on any atom is -0.351 e. The number of anilines is 1. The fourth-order valence-corrected chi connectivity index (χ4v) is 3.04. The second kappa shape index (κ2) is 7.96. The summed E-state index contributed by atoms with van der Waals surface area (Å²) in [5.41, 5.74) is 7.86. The Labute approximate surface area is 166 Å². The molecule has 132 valence electrons. The summed E-state index contributed by atoms with van der Waals surface area (Å²) < 4.78 is 0. The van der Waals surface area contributed by atoms with Gasteiger partial charge in [-0.25, -0.2) is 9.78 Å². The number of urea groups is 1. The van der Waals surface area contributed by atoms with Crippen molar-refractivity contribution in [2.75, 3.05) is 4.90 Å². The van der Waals surface area contributed by atoms with E-state index in [0.29, 0.717) is 32.1 Å². The number of primary amides is 1. The van der Waals surface area contributed by atoms with Crippen molar-refractivity contribution in [1.82, 2.24) is 4.98 Å². The number of pyridine rings is 1. The number of amides is 2. The molecule has 1 heterocycles. The number of nitrogens with zero attached hydrogens (tertiary/aromatic N) is 2. The summed E-state index contributed by atoms with van der Waals surface area (Å²) >= 11 is 18.1. The molecule has 3 rings (SSSR count). The first kappa shape index (κ1) is 18.5. The first-order valence-electron chi connectivity index (χ1n) is 7.68. The lowest BCUT2D eigenvalue weighted by atomic mass is 10.1. The normalized spacial score (nSPS) is 10.6. The molecule has 0 aliphatic carbocycles. The summed E-state index contributed by atoms with van der Waals surface area (Å²) in [7, 11) is 0. The van der Waals surface area contributed by atoms with Crippen LogP contribution in [0.15, 0.2) is 60.7 Å². The zero-order valence-electron chi connectivity index (χ0n) is 13.5.